The van der Waals surface area contributed by atoms with Gasteiger partial charge in [0.05, 0.1) is 43.8 Å². The monoisotopic (exact) mass is 860 g/mol. The van der Waals surface area contributed by atoms with E-state index in [1.54, 1.807) is 12.1 Å². The number of nitriles is 1. The van der Waals surface area contributed by atoms with E-state index < -0.39 is 56.9 Å². The van der Waals surface area contributed by atoms with Crippen LogP contribution in [0.15, 0.2) is 35.6 Å². The van der Waals surface area contributed by atoms with E-state index >= 15 is 0 Å². The smallest absolute Gasteiger partial charge is 0.387 e. The van der Waals surface area contributed by atoms with Crippen molar-refractivity contribution < 1.29 is 47.3 Å². The molecule has 334 valence electrons. The highest BCUT2D eigenvalue weighted by atomic mass is 31.2. The predicted octanol–water partition coefficient (Wildman–Crippen LogP) is 7.64. The number of halogens is 1. The average molecular weight is 861 g/mol. The number of fused-ring (bicyclic) bond motifs is 1. The van der Waals surface area contributed by atoms with E-state index in [1.165, 1.54) is 127 Å². The Hall–Kier alpha value is -3.36. The first-order valence-electron chi connectivity index (χ1n) is 21.5. The molecule has 17 heteroatoms. The maximum atomic E-state index is 14.5. The van der Waals surface area contributed by atoms with Gasteiger partial charge in [0.2, 0.25) is 0 Å². The van der Waals surface area contributed by atoms with Gasteiger partial charge in [-0.3, -0.25) is 14.0 Å². The van der Waals surface area contributed by atoms with Crippen LogP contribution < -0.4 is 5.73 Å². The number of nitrogen functional groups attached to an aromatic ring is 1. The molecule has 0 aliphatic carbocycles. The van der Waals surface area contributed by atoms with Gasteiger partial charge in [-0.25, -0.2) is 18.5 Å². The molecule has 3 heterocycles. The summed E-state index contributed by atoms with van der Waals surface area (Å²) in [6, 6.07) is 7.99. The Labute approximate surface area is 354 Å². The zero-order valence-corrected chi connectivity index (χ0v) is 36.4. The molecule has 60 heavy (non-hydrogen) atoms. The lowest BCUT2D eigenvalue weighted by Gasteiger charge is -2.27. The molecule has 1 saturated heterocycles. The number of phosphoric ester groups is 1. The second kappa shape index (κ2) is 25.5. The molecule has 1 aliphatic rings. The fourth-order valence-corrected chi connectivity index (χ4v) is 8.21. The molecule has 15 nitrogen and oxygen atoms in total. The van der Waals surface area contributed by atoms with E-state index in [0.717, 1.165) is 19.3 Å². The van der Waals surface area contributed by atoms with Gasteiger partial charge in [0.1, 0.15) is 42.1 Å². The number of ether oxygens (including phenoxy) is 3. The van der Waals surface area contributed by atoms with Gasteiger partial charge >= 0.3 is 7.82 Å². The summed E-state index contributed by atoms with van der Waals surface area (Å²) in [5.74, 6) is -0.372. The molecule has 0 spiro atoms. The molecule has 0 radical (unpaired) electrons. The number of aliphatic hydroxyl groups excluding tert-OH is 2. The molecule has 5 N–H and O–H groups in total. The summed E-state index contributed by atoms with van der Waals surface area (Å²) < 4.78 is 57.6. The SMILES string of the molecule is CCCCCCCCCCCCCCCCCCOC[C@H](COP(=O)(O)OC[C@H]1O[C@@](C=NC)(c2ccc3c(N)ncnn23)[C@H](O)[C@@H]1O)OCc1cc(F)c(C)c(C#N)c1. The summed E-state index contributed by atoms with van der Waals surface area (Å²) in [5, 5.41) is 35.9. The lowest BCUT2D eigenvalue weighted by Crippen LogP contribution is -2.43. The largest absolute Gasteiger partial charge is 0.472 e. The number of hydrogen-bond donors (Lipinski definition) is 4. The zero-order valence-electron chi connectivity index (χ0n) is 35.6. The molecule has 2 aromatic heterocycles. The molecule has 0 saturated carbocycles. The van der Waals surface area contributed by atoms with Crippen LogP contribution in [0.1, 0.15) is 132 Å². The lowest BCUT2D eigenvalue weighted by atomic mass is 9.92. The maximum absolute atomic E-state index is 14.5. The summed E-state index contributed by atoms with van der Waals surface area (Å²) in [6.07, 6.45) is 17.3. The normalized spacial score (nSPS) is 20.9. The van der Waals surface area contributed by atoms with Crippen LogP contribution in [0.5, 0.6) is 0 Å². The predicted molar refractivity (Wildman–Crippen MR) is 227 cm³/mol. The third-order valence-electron chi connectivity index (χ3n) is 11.0. The van der Waals surface area contributed by atoms with Crippen molar-refractivity contribution in [2.45, 2.75) is 153 Å². The highest BCUT2D eigenvalue weighted by Gasteiger charge is 2.56. The van der Waals surface area contributed by atoms with Crippen molar-refractivity contribution in [1.82, 2.24) is 14.6 Å². The number of aliphatic imine (C=N–C) groups is 1. The second-order valence-electron chi connectivity index (χ2n) is 15.7. The third-order valence-corrected chi connectivity index (χ3v) is 11.9. The number of nitrogens with two attached hydrogens (primary N) is 1. The van der Waals surface area contributed by atoms with Gasteiger partial charge < -0.3 is 35.1 Å². The summed E-state index contributed by atoms with van der Waals surface area (Å²) >= 11 is 0. The molecule has 4 rings (SSSR count). The summed E-state index contributed by atoms with van der Waals surface area (Å²) in [5.41, 5.74) is 5.78. The van der Waals surface area contributed by atoms with Crippen molar-refractivity contribution in [2.24, 2.45) is 4.99 Å². The summed E-state index contributed by atoms with van der Waals surface area (Å²) in [7, 11) is -3.33. The number of unbranched alkanes of at least 4 members (excludes halogenated alkanes) is 15. The first kappa shape index (κ1) is 49.3. The number of benzene rings is 1. The Balaban J connectivity index is 1.23. The highest BCUT2D eigenvalue weighted by molar-refractivity contribution is 7.47. The van der Waals surface area contributed by atoms with Crippen molar-refractivity contribution in [1.29, 1.82) is 5.26 Å². The van der Waals surface area contributed by atoms with Gasteiger partial charge in [-0.1, -0.05) is 103 Å². The van der Waals surface area contributed by atoms with Crippen LogP contribution in [-0.2, 0) is 40.0 Å². The molecule has 1 unspecified atom stereocenters. The average Bonchev–Trinajstić information content (AvgIpc) is 3.78. The van der Waals surface area contributed by atoms with Gasteiger partial charge in [-0.05, 0) is 43.2 Å². The molecule has 1 aliphatic heterocycles. The number of rotatable bonds is 30. The number of anilines is 1. The van der Waals surface area contributed by atoms with E-state index in [1.807, 2.05) is 6.07 Å². The number of aliphatic hydroxyl groups is 2. The Morgan fingerprint density at radius 2 is 1.65 bits per heavy atom. The van der Waals surface area contributed by atoms with Crippen LogP contribution in [0.3, 0.4) is 0 Å². The van der Waals surface area contributed by atoms with Gasteiger partial charge in [0, 0.05) is 25.4 Å². The molecule has 6 atom stereocenters. The van der Waals surface area contributed by atoms with E-state index in [2.05, 4.69) is 22.0 Å². The van der Waals surface area contributed by atoms with Crippen LogP contribution in [0.2, 0.25) is 0 Å². The van der Waals surface area contributed by atoms with Gasteiger partial charge in [0.25, 0.3) is 0 Å². The first-order chi connectivity index (χ1) is 29.0. The second-order valence-corrected chi connectivity index (χ2v) is 17.1. The standard InChI is InChI=1S/C43H66FN6O9P/c1-4-5-6-7-8-9-10-11-12-13-14-15-16-17-18-19-22-55-27-35(56-26-33-23-34(25-45)32(2)36(44)24-33)28-57-60(53,54)58-29-38-40(51)41(52)43(59-38,30-47-3)39-21-20-37-42(46)48-31-49-50(37)39/h20-21,23-24,30-31,35,38,40-41,51-52H,4-19,22,26-29H2,1-3H3,(H,53,54)(H2,46,48,49)/t35-,38-,40-,41-,43+/m1/s1. The highest BCUT2D eigenvalue weighted by Crippen LogP contribution is 2.46. The van der Waals surface area contributed by atoms with E-state index in [-0.39, 0.29) is 35.9 Å². The molecule has 0 bridgehead atoms. The summed E-state index contributed by atoms with van der Waals surface area (Å²) in [4.78, 5) is 18.7. The van der Waals surface area contributed by atoms with Crippen LogP contribution in [0.25, 0.3) is 5.52 Å². The van der Waals surface area contributed by atoms with Crippen LogP contribution in [-0.4, -0.2) is 93.8 Å². The van der Waals surface area contributed by atoms with E-state index in [4.69, 9.17) is 29.0 Å². The molecule has 1 fully saturated rings. The van der Waals surface area contributed by atoms with Gasteiger partial charge in [-0.15, -0.1) is 0 Å². The van der Waals surface area contributed by atoms with Crippen LogP contribution in [0.4, 0.5) is 10.2 Å². The Kier molecular flexibility index (Phi) is 21.0. The molecule has 1 aromatic carbocycles. The molecular weight excluding hydrogens is 794 g/mol. The Bertz CT molecular complexity index is 1860. The lowest BCUT2D eigenvalue weighted by molar-refractivity contribution is -0.0626. The van der Waals surface area contributed by atoms with Gasteiger partial charge in [0.15, 0.2) is 11.4 Å². The van der Waals surface area contributed by atoms with Crippen molar-refractivity contribution >= 4 is 25.4 Å². The fraction of sp³-hybridized carbons (Fsp3) is 0.674. The van der Waals surface area contributed by atoms with Gasteiger partial charge in [-0.2, -0.15) is 10.4 Å². The Morgan fingerprint density at radius 3 is 2.27 bits per heavy atom. The number of hydrogen-bond acceptors (Lipinski definition) is 13. The maximum Gasteiger partial charge on any atom is 0.472 e. The number of nitrogens with zero attached hydrogens (tertiary/aromatic N) is 5. The molecule has 0 amide bonds. The van der Waals surface area contributed by atoms with Crippen molar-refractivity contribution in [3.63, 3.8) is 0 Å². The molecule has 3 aromatic rings. The summed E-state index contributed by atoms with van der Waals surface area (Å²) in [6.45, 7) is 3.02. The van der Waals surface area contributed by atoms with Crippen molar-refractivity contribution in [3.05, 3.63) is 58.8 Å². The minimum absolute atomic E-state index is 0.00699. The number of phosphoric acid groups is 1. The minimum Gasteiger partial charge on any atom is -0.387 e. The van der Waals surface area contributed by atoms with Crippen molar-refractivity contribution in [3.8, 4) is 6.07 Å². The van der Waals surface area contributed by atoms with E-state index in [9.17, 15) is 29.3 Å². The third kappa shape index (κ3) is 14.6. The number of aromatic nitrogens is 3. The topological polar surface area (TPSA) is 216 Å². The van der Waals surface area contributed by atoms with Crippen molar-refractivity contribution in [2.75, 3.05) is 39.2 Å². The minimum atomic E-state index is -4.80. The van der Waals surface area contributed by atoms with Crippen LogP contribution in [0, 0.1) is 24.1 Å². The Morgan fingerprint density at radius 1 is 1.02 bits per heavy atom. The zero-order chi connectivity index (χ0) is 43.4. The molecular formula is C43H66FN6O9P. The fourth-order valence-electron chi connectivity index (χ4n) is 7.45. The van der Waals surface area contributed by atoms with Crippen LogP contribution >= 0.6 is 7.82 Å². The van der Waals surface area contributed by atoms with E-state index in [0.29, 0.717) is 17.7 Å². The quantitative estimate of drug-likeness (QED) is 0.0288. The first-order valence-corrected chi connectivity index (χ1v) is 23.0.